The molecule has 92 valence electrons. The van der Waals surface area contributed by atoms with Crippen LogP contribution in [0.25, 0.3) is 0 Å². The van der Waals surface area contributed by atoms with Crippen LogP contribution in [0.3, 0.4) is 0 Å². The molecule has 2 nitrogen and oxygen atoms in total. The Kier molecular flexibility index (Phi) is 2.68. The summed E-state index contributed by atoms with van der Waals surface area (Å²) in [6.45, 7) is 2.34. The van der Waals surface area contributed by atoms with Crippen molar-refractivity contribution in [3.05, 3.63) is 35.6 Å². The number of likely N-dealkylation sites (tertiary alicyclic amines) is 1. The molecular formula is C14H19FN2. The van der Waals surface area contributed by atoms with Gasteiger partial charge in [-0.1, -0.05) is 12.1 Å². The maximum Gasteiger partial charge on any atom is 0.123 e. The highest BCUT2D eigenvalue weighted by Crippen LogP contribution is 2.49. The van der Waals surface area contributed by atoms with Crippen molar-refractivity contribution < 1.29 is 4.39 Å². The first kappa shape index (κ1) is 11.2. The molecule has 1 atom stereocenters. The van der Waals surface area contributed by atoms with E-state index in [1.54, 1.807) is 12.1 Å². The standard InChI is InChI=1S/C14H19FN2/c1-16-14(7-8-14)13(17-9-2-10-17)11-3-5-12(15)6-4-11/h3-6,13,16H,2,7-10H2,1H3. The Morgan fingerprint density at radius 2 is 1.88 bits per heavy atom. The molecule has 1 saturated carbocycles. The predicted octanol–water partition coefficient (Wildman–Crippen LogP) is 2.32. The number of benzene rings is 1. The van der Waals surface area contributed by atoms with E-state index in [4.69, 9.17) is 0 Å². The van der Waals surface area contributed by atoms with Crippen molar-refractivity contribution in [1.82, 2.24) is 10.2 Å². The molecule has 2 aliphatic rings. The van der Waals surface area contributed by atoms with Crippen LogP contribution in [-0.2, 0) is 0 Å². The van der Waals surface area contributed by atoms with Crippen LogP contribution < -0.4 is 5.32 Å². The number of likely N-dealkylation sites (N-methyl/N-ethyl adjacent to an activating group) is 1. The van der Waals surface area contributed by atoms with Crippen molar-refractivity contribution in [3.63, 3.8) is 0 Å². The molecular weight excluding hydrogens is 215 g/mol. The molecule has 1 aliphatic heterocycles. The zero-order valence-corrected chi connectivity index (χ0v) is 10.2. The van der Waals surface area contributed by atoms with Gasteiger partial charge in [-0.25, -0.2) is 4.39 Å². The highest BCUT2D eigenvalue weighted by Gasteiger charge is 2.51. The second-order valence-electron chi connectivity index (χ2n) is 5.25. The summed E-state index contributed by atoms with van der Waals surface area (Å²) >= 11 is 0. The van der Waals surface area contributed by atoms with Gasteiger partial charge >= 0.3 is 0 Å². The number of nitrogens with one attached hydrogen (secondary N) is 1. The average Bonchev–Trinajstić information content (AvgIpc) is 3.05. The maximum absolute atomic E-state index is 13.0. The Labute approximate surface area is 102 Å². The lowest BCUT2D eigenvalue weighted by Gasteiger charge is -2.43. The van der Waals surface area contributed by atoms with Crippen molar-refractivity contribution >= 4 is 0 Å². The van der Waals surface area contributed by atoms with E-state index < -0.39 is 0 Å². The first-order valence-corrected chi connectivity index (χ1v) is 6.44. The molecule has 0 spiro atoms. The zero-order valence-electron chi connectivity index (χ0n) is 10.2. The lowest BCUT2D eigenvalue weighted by atomic mass is 9.93. The van der Waals surface area contributed by atoms with E-state index in [2.05, 4.69) is 10.2 Å². The molecule has 3 heteroatoms. The third-order valence-corrected chi connectivity index (χ3v) is 4.25. The Hall–Kier alpha value is -0.930. The first-order valence-electron chi connectivity index (χ1n) is 6.44. The first-order chi connectivity index (χ1) is 8.25. The Balaban J connectivity index is 1.90. The molecule has 3 rings (SSSR count). The van der Waals surface area contributed by atoms with Crippen LogP contribution in [0, 0.1) is 5.82 Å². The normalized spacial score (nSPS) is 24.1. The highest BCUT2D eigenvalue weighted by molar-refractivity contribution is 5.28. The molecule has 1 unspecified atom stereocenters. The van der Waals surface area contributed by atoms with Crippen molar-refractivity contribution in [2.75, 3.05) is 20.1 Å². The van der Waals surface area contributed by atoms with Gasteiger partial charge < -0.3 is 5.32 Å². The highest BCUT2D eigenvalue weighted by atomic mass is 19.1. The van der Waals surface area contributed by atoms with Crippen LogP contribution >= 0.6 is 0 Å². The summed E-state index contributed by atoms with van der Waals surface area (Å²) in [5.41, 5.74) is 1.48. The molecule has 0 amide bonds. The second-order valence-corrected chi connectivity index (χ2v) is 5.25. The summed E-state index contributed by atoms with van der Waals surface area (Å²) < 4.78 is 13.0. The van der Waals surface area contributed by atoms with E-state index in [-0.39, 0.29) is 11.4 Å². The number of halogens is 1. The number of hydrogen-bond donors (Lipinski definition) is 1. The molecule has 2 fully saturated rings. The van der Waals surface area contributed by atoms with Crippen molar-refractivity contribution in [2.45, 2.75) is 30.8 Å². The van der Waals surface area contributed by atoms with E-state index in [0.29, 0.717) is 6.04 Å². The van der Waals surface area contributed by atoms with Crippen LogP contribution in [0.15, 0.2) is 24.3 Å². The fraction of sp³-hybridized carbons (Fsp3) is 0.571. The van der Waals surface area contributed by atoms with Gasteiger partial charge in [-0.05, 0) is 44.0 Å². The maximum atomic E-state index is 13.0. The summed E-state index contributed by atoms with van der Waals surface area (Å²) in [7, 11) is 2.04. The van der Waals surface area contributed by atoms with Crippen LogP contribution in [0.2, 0.25) is 0 Å². The summed E-state index contributed by atoms with van der Waals surface area (Å²) in [6.07, 6.45) is 3.74. The van der Waals surface area contributed by atoms with Crippen LogP contribution in [0.5, 0.6) is 0 Å². The van der Waals surface area contributed by atoms with Gasteiger partial charge in [-0.15, -0.1) is 0 Å². The van der Waals surface area contributed by atoms with Gasteiger partial charge in [0.25, 0.3) is 0 Å². The summed E-state index contributed by atoms with van der Waals surface area (Å²) in [5, 5.41) is 3.48. The van der Waals surface area contributed by atoms with Gasteiger partial charge in [-0.2, -0.15) is 0 Å². The second kappa shape index (κ2) is 4.07. The van der Waals surface area contributed by atoms with E-state index in [1.165, 1.54) is 37.9 Å². The minimum atomic E-state index is -0.148. The molecule has 1 N–H and O–H groups in total. The minimum Gasteiger partial charge on any atom is -0.313 e. The lowest BCUT2D eigenvalue weighted by Crippen LogP contribution is -2.50. The largest absolute Gasteiger partial charge is 0.313 e. The van der Waals surface area contributed by atoms with Gasteiger partial charge in [0.15, 0.2) is 0 Å². The topological polar surface area (TPSA) is 15.3 Å². The fourth-order valence-corrected chi connectivity index (χ4v) is 2.92. The van der Waals surface area contributed by atoms with Crippen LogP contribution in [0.1, 0.15) is 30.9 Å². The monoisotopic (exact) mass is 234 g/mol. The lowest BCUT2D eigenvalue weighted by molar-refractivity contribution is 0.0840. The van der Waals surface area contributed by atoms with Gasteiger partial charge in [0.05, 0.1) is 6.04 Å². The summed E-state index contributed by atoms with van der Waals surface area (Å²) in [4.78, 5) is 2.51. The number of nitrogens with zero attached hydrogens (tertiary/aromatic N) is 1. The van der Waals surface area contributed by atoms with E-state index in [0.717, 1.165) is 0 Å². The van der Waals surface area contributed by atoms with Crippen LogP contribution in [0.4, 0.5) is 4.39 Å². The third kappa shape index (κ3) is 1.87. The Morgan fingerprint density at radius 1 is 1.24 bits per heavy atom. The number of rotatable bonds is 4. The molecule has 0 bridgehead atoms. The molecule has 1 aromatic rings. The molecule has 1 heterocycles. The molecule has 1 aromatic carbocycles. The zero-order chi connectivity index (χ0) is 11.9. The number of hydrogen-bond acceptors (Lipinski definition) is 2. The van der Waals surface area contributed by atoms with E-state index >= 15 is 0 Å². The summed E-state index contributed by atoms with van der Waals surface area (Å²) in [5.74, 6) is -0.148. The average molecular weight is 234 g/mol. The Morgan fingerprint density at radius 3 is 2.29 bits per heavy atom. The smallest absolute Gasteiger partial charge is 0.123 e. The van der Waals surface area contributed by atoms with Crippen molar-refractivity contribution in [1.29, 1.82) is 0 Å². The fourth-order valence-electron chi connectivity index (χ4n) is 2.92. The van der Waals surface area contributed by atoms with Crippen LogP contribution in [-0.4, -0.2) is 30.6 Å². The quantitative estimate of drug-likeness (QED) is 0.860. The summed E-state index contributed by atoms with van der Waals surface area (Å²) in [6, 6.07) is 7.45. The molecule has 0 aromatic heterocycles. The van der Waals surface area contributed by atoms with Gasteiger partial charge in [0.1, 0.15) is 5.82 Å². The SMILES string of the molecule is CNC1(C(c2ccc(F)cc2)N2CCC2)CC1. The predicted molar refractivity (Wildman–Crippen MR) is 66.4 cm³/mol. The van der Waals surface area contributed by atoms with Crippen molar-refractivity contribution in [3.8, 4) is 0 Å². The van der Waals surface area contributed by atoms with Gasteiger partial charge in [-0.3, -0.25) is 4.90 Å². The molecule has 1 aliphatic carbocycles. The van der Waals surface area contributed by atoms with Crippen molar-refractivity contribution in [2.24, 2.45) is 0 Å². The van der Waals surface area contributed by atoms with E-state index in [1.807, 2.05) is 19.2 Å². The Bertz CT molecular complexity index is 393. The molecule has 0 radical (unpaired) electrons. The minimum absolute atomic E-state index is 0.148. The molecule has 17 heavy (non-hydrogen) atoms. The van der Waals surface area contributed by atoms with Gasteiger partial charge in [0, 0.05) is 18.6 Å². The third-order valence-electron chi connectivity index (χ3n) is 4.25. The van der Waals surface area contributed by atoms with Gasteiger partial charge in [0.2, 0.25) is 0 Å². The van der Waals surface area contributed by atoms with E-state index in [9.17, 15) is 4.39 Å². The molecule has 1 saturated heterocycles.